The van der Waals surface area contributed by atoms with Gasteiger partial charge in [-0.3, -0.25) is 9.52 Å². The Balaban J connectivity index is 1.45. The number of rotatable bonds is 4. The number of carbonyl (C=O) groups is 1. The SMILES string of the molecule is NC1=NS(=O)(=O)Nc2cccc(OC[C@H]3CCCN(C(=O)c4cccc(F)c4)C3)c21. The predicted octanol–water partition coefficient (Wildman–Crippen LogP) is 2.13. The number of nitrogens with zero attached hydrogens (tertiary/aromatic N) is 2. The van der Waals surface area contributed by atoms with Gasteiger partial charge in [0.1, 0.15) is 11.6 Å². The number of fused-ring (bicyclic) bond motifs is 1. The van der Waals surface area contributed by atoms with Crippen LogP contribution >= 0.6 is 0 Å². The minimum atomic E-state index is -3.86. The van der Waals surface area contributed by atoms with Gasteiger partial charge in [0.05, 0.1) is 17.9 Å². The van der Waals surface area contributed by atoms with Gasteiger partial charge in [-0.05, 0) is 43.2 Å². The average molecular weight is 432 g/mol. The van der Waals surface area contributed by atoms with Gasteiger partial charge in [0.15, 0.2) is 5.84 Å². The van der Waals surface area contributed by atoms with Crippen molar-refractivity contribution in [2.24, 2.45) is 16.0 Å². The largest absolute Gasteiger partial charge is 0.492 e. The van der Waals surface area contributed by atoms with Crippen molar-refractivity contribution < 1.29 is 22.3 Å². The lowest BCUT2D eigenvalue weighted by Crippen LogP contribution is -2.41. The van der Waals surface area contributed by atoms with E-state index in [-0.39, 0.29) is 17.7 Å². The van der Waals surface area contributed by atoms with Crippen LogP contribution in [-0.4, -0.2) is 44.8 Å². The second kappa shape index (κ2) is 7.94. The summed E-state index contributed by atoms with van der Waals surface area (Å²) in [5, 5.41) is 0. The van der Waals surface area contributed by atoms with E-state index in [1.165, 1.54) is 18.2 Å². The van der Waals surface area contributed by atoms with Crippen LogP contribution < -0.4 is 15.2 Å². The number of anilines is 1. The van der Waals surface area contributed by atoms with Crippen LogP contribution in [0, 0.1) is 11.7 Å². The fraction of sp³-hybridized carbons (Fsp3) is 0.300. The second-order valence-electron chi connectivity index (χ2n) is 7.31. The summed E-state index contributed by atoms with van der Waals surface area (Å²) < 4.78 is 48.6. The summed E-state index contributed by atoms with van der Waals surface area (Å²) in [4.78, 5) is 14.4. The van der Waals surface area contributed by atoms with Gasteiger partial charge in [-0.2, -0.15) is 8.42 Å². The maximum absolute atomic E-state index is 13.4. The Hall–Kier alpha value is -3.14. The van der Waals surface area contributed by atoms with E-state index in [0.717, 1.165) is 12.8 Å². The van der Waals surface area contributed by atoms with Gasteiger partial charge < -0.3 is 15.4 Å². The van der Waals surface area contributed by atoms with Crippen LogP contribution in [0.15, 0.2) is 46.9 Å². The summed E-state index contributed by atoms with van der Waals surface area (Å²) in [6, 6.07) is 10.6. The van der Waals surface area contributed by atoms with Crippen molar-refractivity contribution in [3.63, 3.8) is 0 Å². The Morgan fingerprint density at radius 2 is 2.10 bits per heavy atom. The van der Waals surface area contributed by atoms with Gasteiger partial charge in [0.2, 0.25) is 0 Å². The van der Waals surface area contributed by atoms with Crippen LogP contribution in [0.5, 0.6) is 5.75 Å². The molecule has 1 amide bonds. The smallest absolute Gasteiger partial charge is 0.344 e. The molecule has 0 radical (unpaired) electrons. The van der Waals surface area contributed by atoms with Gasteiger partial charge in [-0.15, -0.1) is 4.40 Å². The van der Waals surface area contributed by atoms with Gasteiger partial charge >= 0.3 is 10.2 Å². The number of likely N-dealkylation sites (tertiary alicyclic amines) is 1. The maximum atomic E-state index is 13.4. The number of hydrogen-bond donors (Lipinski definition) is 2. The molecule has 1 atom stereocenters. The topological polar surface area (TPSA) is 114 Å². The van der Waals surface area contributed by atoms with Crippen LogP contribution in [0.3, 0.4) is 0 Å². The monoisotopic (exact) mass is 432 g/mol. The molecular formula is C20H21FN4O4S. The first kappa shape index (κ1) is 20.1. The lowest BCUT2D eigenvalue weighted by Gasteiger charge is -2.33. The number of hydrogen-bond acceptors (Lipinski definition) is 5. The Morgan fingerprint density at radius 1 is 1.30 bits per heavy atom. The van der Waals surface area contributed by atoms with Crippen molar-refractivity contribution in [1.29, 1.82) is 0 Å². The Labute approximate surface area is 173 Å². The van der Waals surface area contributed by atoms with Crippen molar-refractivity contribution in [1.82, 2.24) is 4.90 Å². The Kier molecular flexibility index (Phi) is 5.33. The third-order valence-electron chi connectivity index (χ3n) is 5.09. The number of nitrogens with one attached hydrogen (secondary N) is 1. The molecule has 4 rings (SSSR count). The van der Waals surface area contributed by atoms with Gasteiger partial charge in [-0.25, -0.2) is 4.39 Å². The first-order valence-electron chi connectivity index (χ1n) is 9.51. The summed E-state index contributed by atoms with van der Waals surface area (Å²) in [7, 11) is -3.86. The molecule has 0 unspecified atom stereocenters. The van der Waals surface area contributed by atoms with E-state index in [4.69, 9.17) is 10.5 Å². The van der Waals surface area contributed by atoms with Gasteiger partial charge in [0, 0.05) is 24.6 Å². The van der Waals surface area contributed by atoms with Crippen LogP contribution in [0.2, 0.25) is 0 Å². The minimum Gasteiger partial charge on any atom is -0.492 e. The highest BCUT2D eigenvalue weighted by atomic mass is 32.2. The van der Waals surface area contributed by atoms with Crippen LogP contribution in [0.1, 0.15) is 28.8 Å². The molecule has 3 N–H and O–H groups in total. The molecule has 8 nitrogen and oxygen atoms in total. The zero-order chi connectivity index (χ0) is 21.3. The molecular weight excluding hydrogens is 411 g/mol. The molecule has 2 aromatic rings. The molecule has 2 aliphatic heterocycles. The molecule has 1 fully saturated rings. The molecule has 10 heteroatoms. The Bertz CT molecular complexity index is 1120. The Morgan fingerprint density at radius 3 is 2.90 bits per heavy atom. The zero-order valence-electron chi connectivity index (χ0n) is 16.0. The van der Waals surface area contributed by atoms with Crippen molar-refractivity contribution >= 4 is 27.6 Å². The predicted molar refractivity (Wildman–Crippen MR) is 110 cm³/mol. The van der Waals surface area contributed by atoms with E-state index in [1.54, 1.807) is 29.2 Å². The maximum Gasteiger partial charge on any atom is 0.344 e. The van der Waals surface area contributed by atoms with Crippen molar-refractivity contribution in [3.8, 4) is 5.75 Å². The van der Waals surface area contributed by atoms with E-state index in [1.807, 2.05) is 0 Å². The molecule has 30 heavy (non-hydrogen) atoms. The number of nitrogens with two attached hydrogens (primary N) is 1. The summed E-state index contributed by atoms with van der Waals surface area (Å²) in [6.45, 7) is 1.41. The summed E-state index contributed by atoms with van der Waals surface area (Å²) in [5.41, 5.74) is 6.87. The second-order valence-corrected chi connectivity index (χ2v) is 8.65. The first-order valence-corrected chi connectivity index (χ1v) is 11.0. The van der Waals surface area contributed by atoms with Gasteiger partial charge in [0.25, 0.3) is 5.91 Å². The third kappa shape index (κ3) is 4.23. The fourth-order valence-electron chi connectivity index (χ4n) is 3.73. The molecule has 2 aliphatic rings. The molecule has 158 valence electrons. The fourth-order valence-corrected chi connectivity index (χ4v) is 4.58. The summed E-state index contributed by atoms with van der Waals surface area (Å²) in [6.07, 6.45) is 1.68. The number of amidine groups is 1. The van der Waals surface area contributed by atoms with Crippen LogP contribution in [-0.2, 0) is 10.2 Å². The number of halogens is 1. The summed E-state index contributed by atoms with van der Waals surface area (Å²) >= 11 is 0. The molecule has 0 saturated carbocycles. The quantitative estimate of drug-likeness (QED) is 0.768. The minimum absolute atomic E-state index is 0.0746. The zero-order valence-corrected chi connectivity index (χ0v) is 16.9. The highest BCUT2D eigenvalue weighted by Gasteiger charge is 2.27. The van der Waals surface area contributed by atoms with Crippen LogP contribution in [0.25, 0.3) is 0 Å². The number of amides is 1. The molecule has 0 aliphatic carbocycles. The normalized spacial score (nSPS) is 20.0. The van der Waals surface area contributed by atoms with E-state index in [2.05, 4.69) is 9.12 Å². The highest BCUT2D eigenvalue weighted by Crippen LogP contribution is 2.31. The molecule has 2 heterocycles. The lowest BCUT2D eigenvalue weighted by molar-refractivity contribution is 0.0633. The summed E-state index contributed by atoms with van der Waals surface area (Å²) in [5.74, 6) is -0.287. The number of benzene rings is 2. The molecule has 1 saturated heterocycles. The van der Waals surface area contributed by atoms with E-state index in [0.29, 0.717) is 42.3 Å². The van der Waals surface area contributed by atoms with E-state index >= 15 is 0 Å². The molecule has 0 spiro atoms. The van der Waals surface area contributed by atoms with E-state index < -0.39 is 16.0 Å². The number of piperidine rings is 1. The van der Waals surface area contributed by atoms with E-state index in [9.17, 15) is 17.6 Å². The van der Waals surface area contributed by atoms with Crippen molar-refractivity contribution in [3.05, 3.63) is 59.4 Å². The highest BCUT2D eigenvalue weighted by molar-refractivity contribution is 7.91. The first-order chi connectivity index (χ1) is 14.3. The van der Waals surface area contributed by atoms with Crippen LogP contribution in [0.4, 0.5) is 10.1 Å². The molecule has 0 bridgehead atoms. The average Bonchev–Trinajstić information content (AvgIpc) is 2.70. The van der Waals surface area contributed by atoms with Crippen molar-refractivity contribution in [2.45, 2.75) is 12.8 Å². The molecule has 2 aromatic carbocycles. The van der Waals surface area contributed by atoms with Gasteiger partial charge in [-0.1, -0.05) is 12.1 Å². The lowest BCUT2D eigenvalue weighted by atomic mass is 9.98. The molecule has 0 aromatic heterocycles. The number of carbonyl (C=O) groups excluding carboxylic acids is 1. The number of ether oxygens (including phenoxy) is 1. The third-order valence-corrected chi connectivity index (χ3v) is 6.01. The van der Waals surface area contributed by atoms with Crippen molar-refractivity contribution in [2.75, 3.05) is 24.4 Å². The standard InChI is InChI=1S/C20H21FN4O4S/c21-15-6-1-5-14(10-15)20(26)25-9-3-4-13(11-25)12-29-17-8-2-7-16-18(17)19(22)24-30(27,28)23-16/h1-2,5-8,10,13,23H,3-4,9,11-12H2,(H2,22,24)/t13-/m0/s1.